The largest absolute Gasteiger partial charge is 0.489 e. The minimum absolute atomic E-state index is 0.0118. The van der Waals surface area contributed by atoms with E-state index in [0.717, 1.165) is 39.6 Å². The van der Waals surface area contributed by atoms with E-state index in [2.05, 4.69) is 21.4 Å². The average Bonchev–Trinajstić information content (AvgIpc) is 3.45. The molecule has 1 N–H and O–H groups in total. The molecular formula is C32H32FN5O2. The van der Waals surface area contributed by atoms with Crippen LogP contribution in [0.25, 0.3) is 0 Å². The molecule has 0 radical (unpaired) electrons. The van der Waals surface area contributed by atoms with Crippen LogP contribution < -0.4 is 15.0 Å². The fourth-order valence-electron chi connectivity index (χ4n) is 5.46. The summed E-state index contributed by atoms with van der Waals surface area (Å²) in [6.07, 6.45) is 1.75. The number of benzene rings is 3. The fourth-order valence-corrected chi connectivity index (χ4v) is 5.46. The van der Waals surface area contributed by atoms with Crippen LogP contribution in [-0.4, -0.2) is 46.8 Å². The Kier molecular flexibility index (Phi) is 6.99. The van der Waals surface area contributed by atoms with Gasteiger partial charge in [0, 0.05) is 43.6 Å². The SMILES string of the molecule is CC1=C(C(=O)N2CCN(c3ccc(F)cc3)CC2)C(c2ccc(C)c(OCc3ccccc3)c2)n2nccc2N1. The minimum Gasteiger partial charge on any atom is -0.489 e. The Balaban J connectivity index is 1.26. The summed E-state index contributed by atoms with van der Waals surface area (Å²) in [4.78, 5) is 18.2. The molecule has 1 aromatic heterocycles. The quantitative estimate of drug-likeness (QED) is 0.350. The van der Waals surface area contributed by atoms with Gasteiger partial charge in [0.05, 0.1) is 11.8 Å². The molecular weight excluding hydrogens is 505 g/mol. The zero-order valence-electron chi connectivity index (χ0n) is 22.7. The number of carbonyl (C=O) groups is 1. The Labute approximate surface area is 233 Å². The van der Waals surface area contributed by atoms with Crippen LogP contribution in [0.15, 0.2) is 96.3 Å². The number of ether oxygens (including phenoxy) is 1. The van der Waals surface area contributed by atoms with Gasteiger partial charge in [-0.15, -0.1) is 0 Å². The lowest BCUT2D eigenvalue weighted by Gasteiger charge is -2.38. The van der Waals surface area contributed by atoms with Crippen LogP contribution in [0, 0.1) is 12.7 Å². The Hall–Kier alpha value is -4.59. The number of hydrogen-bond donors (Lipinski definition) is 1. The molecule has 1 unspecified atom stereocenters. The van der Waals surface area contributed by atoms with Crippen molar-refractivity contribution in [3.05, 3.63) is 119 Å². The summed E-state index contributed by atoms with van der Waals surface area (Å²) in [6, 6.07) is 24.2. The number of aryl methyl sites for hydroxylation is 1. The number of nitrogens with one attached hydrogen (secondary N) is 1. The van der Waals surface area contributed by atoms with Gasteiger partial charge >= 0.3 is 0 Å². The maximum atomic E-state index is 14.1. The predicted octanol–water partition coefficient (Wildman–Crippen LogP) is 5.55. The molecule has 40 heavy (non-hydrogen) atoms. The number of rotatable bonds is 6. The molecule has 3 aromatic carbocycles. The summed E-state index contributed by atoms with van der Waals surface area (Å²) >= 11 is 0. The van der Waals surface area contributed by atoms with Gasteiger partial charge < -0.3 is 19.9 Å². The van der Waals surface area contributed by atoms with Crippen molar-refractivity contribution in [2.45, 2.75) is 26.5 Å². The highest BCUT2D eigenvalue weighted by atomic mass is 19.1. The molecule has 3 heterocycles. The summed E-state index contributed by atoms with van der Waals surface area (Å²) in [7, 11) is 0. The fraction of sp³-hybridized carbons (Fsp3) is 0.250. The van der Waals surface area contributed by atoms with E-state index in [1.54, 1.807) is 18.3 Å². The molecule has 2 aliphatic rings. The first-order chi connectivity index (χ1) is 19.5. The number of piperazine rings is 1. The van der Waals surface area contributed by atoms with E-state index in [9.17, 15) is 9.18 Å². The van der Waals surface area contributed by atoms with Crippen LogP contribution in [0.5, 0.6) is 5.75 Å². The van der Waals surface area contributed by atoms with Gasteiger partial charge in [-0.2, -0.15) is 5.10 Å². The highest BCUT2D eigenvalue weighted by Crippen LogP contribution is 2.38. The maximum absolute atomic E-state index is 14.1. The number of hydrogen-bond acceptors (Lipinski definition) is 5. The normalized spacial score (nSPS) is 16.9. The van der Waals surface area contributed by atoms with E-state index in [0.29, 0.717) is 38.4 Å². The molecule has 1 atom stereocenters. The maximum Gasteiger partial charge on any atom is 0.254 e. The van der Waals surface area contributed by atoms with E-state index in [1.807, 2.05) is 72.0 Å². The van der Waals surface area contributed by atoms with Gasteiger partial charge in [0.15, 0.2) is 0 Å². The van der Waals surface area contributed by atoms with Gasteiger partial charge in [-0.3, -0.25) is 4.79 Å². The molecule has 0 bridgehead atoms. The zero-order valence-corrected chi connectivity index (χ0v) is 22.7. The number of amides is 1. The van der Waals surface area contributed by atoms with Crippen LogP contribution >= 0.6 is 0 Å². The first-order valence-corrected chi connectivity index (χ1v) is 13.6. The van der Waals surface area contributed by atoms with Crippen LogP contribution in [0.3, 0.4) is 0 Å². The van der Waals surface area contributed by atoms with Crippen molar-refractivity contribution in [1.29, 1.82) is 0 Å². The summed E-state index contributed by atoms with van der Waals surface area (Å²) in [5, 5.41) is 7.98. The van der Waals surface area contributed by atoms with Crippen LogP contribution in [-0.2, 0) is 11.4 Å². The number of anilines is 2. The Morgan fingerprint density at radius 3 is 2.48 bits per heavy atom. The van der Waals surface area contributed by atoms with Crippen molar-refractivity contribution >= 4 is 17.4 Å². The van der Waals surface area contributed by atoms with Crippen molar-refractivity contribution in [2.24, 2.45) is 0 Å². The summed E-state index contributed by atoms with van der Waals surface area (Å²) in [6.45, 7) is 6.94. The van der Waals surface area contributed by atoms with E-state index >= 15 is 0 Å². The molecule has 0 spiro atoms. The third-order valence-electron chi connectivity index (χ3n) is 7.66. The lowest BCUT2D eigenvalue weighted by molar-refractivity contribution is -0.128. The Morgan fingerprint density at radius 1 is 0.975 bits per heavy atom. The second-order valence-electron chi connectivity index (χ2n) is 10.3. The van der Waals surface area contributed by atoms with Crippen molar-refractivity contribution in [1.82, 2.24) is 14.7 Å². The molecule has 6 rings (SSSR count). The topological polar surface area (TPSA) is 62.6 Å². The number of aromatic nitrogens is 2. The van der Waals surface area contributed by atoms with Crippen molar-refractivity contribution < 1.29 is 13.9 Å². The van der Waals surface area contributed by atoms with E-state index in [1.165, 1.54) is 12.1 Å². The second-order valence-corrected chi connectivity index (χ2v) is 10.3. The first kappa shape index (κ1) is 25.7. The smallest absolute Gasteiger partial charge is 0.254 e. The average molecular weight is 538 g/mol. The monoisotopic (exact) mass is 537 g/mol. The summed E-state index contributed by atoms with van der Waals surface area (Å²) in [5.74, 6) is 1.36. The zero-order chi connectivity index (χ0) is 27.6. The van der Waals surface area contributed by atoms with Gasteiger partial charge in [-0.05, 0) is 60.9 Å². The molecule has 1 fully saturated rings. The van der Waals surface area contributed by atoms with Crippen LogP contribution in [0.4, 0.5) is 15.9 Å². The van der Waals surface area contributed by atoms with E-state index < -0.39 is 6.04 Å². The number of allylic oxidation sites excluding steroid dienone is 1. The Bertz CT molecular complexity index is 1540. The van der Waals surface area contributed by atoms with Crippen LogP contribution in [0.2, 0.25) is 0 Å². The standard InChI is InChI=1S/C32H32FN5O2/c1-22-8-9-25(20-28(22)40-21-24-6-4-3-5-7-24)31-30(23(2)35-29-14-15-34-38(29)31)32(39)37-18-16-36(17-19-37)27-12-10-26(33)11-13-27/h3-15,20,31,35H,16-19,21H2,1-2H3. The van der Waals surface area contributed by atoms with Gasteiger partial charge in [0.1, 0.15) is 30.0 Å². The lowest BCUT2D eigenvalue weighted by Crippen LogP contribution is -2.50. The number of halogens is 1. The summed E-state index contributed by atoms with van der Waals surface area (Å²) < 4.78 is 21.5. The second kappa shape index (κ2) is 10.9. The molecule has 7 nitrogen and oxygen atoms in total. The predicted molar refractivity (Wildman–Crippen MR) is 154 cm³/mol. The van der Waals surface area contributed by atoms with Crippen molar-refractivity contribution in [2.75, 3.05) is 36.4 Å². The molecule has 4 aromatic rings. The molecule has 1 amide bonds. The lowest BCUT2D eigenvalue weighted by atomic mass is 9.93. The summed E-state index contributed by atoms with van der Waals surface area (Å²) in [5.41, 5.74) is 5.51. The first-order valence-electron chi connectivity index (χ1n) is 13.6. The van der Waals surface area contributed by atoms with Gasteiger partial charge in [-0.1, -0.05) is 42.5 Å². The molecule has 1 saturated heterocycles. The van der Waals surface area contributed by atoms with Crippen molar-refractivity contribution in [3.63, 3.8) is 0 Å². The van der Waals surface area contributed by atoms with Gasteiger partial charge in [0.25, 0.3) is 5.91 Å². The minimum atomic E-state index is -0.395. The third kappa shape index (κ3) is 5.04. The third-order valence-corrected chi connectivity index (χ3v) is 7.66. The number of fused-ring (bicyclic) bond motifs is 1. The number of nitrogens with zero attached hydrogens (tertiary/aromatic N) is 4. The highest BCUT2D eigenvalue weighted by Gasteiger charge is 2.36. The Morgan fingerprint density at radius 2 is 1.73 bits per heavy atom. The van der Waals surface area contributed by atoms with Crippen LogP contribution in [0.1, 0.15) is 29.7 Å². The molecule has 8 heteroatoms. The van der Waals surface area contributed by atoms with E-state index in [-0.39, 0.29) is 11.7 Å². The number of carbonyl (C=O) groups excluding carboxylic acids is 1. The highest BCUT2D eigenvalue weighted by molar-refractivity contribution is 5.97. The van der Waals surface area contributed by atoms with Gasteiger partial charge in [0.2, 0.25) is 0 Å². The van der Waals surface area contributed by atoms with E-state index in [4.69, 9.17) is 4.74 Å². The van der Waals surface area contributed by atoms with Crippen molar-refractivity contribution in [3.8, 4) is 5.75 Å². The molecule has 2 aliphatic heterocycles. The molecule has 0 saturated carbocycles. The molecule has 0 aliphatic carbocycles. The van der Waals surface area contributed by atoms with Gasteiger partial charge in [-0.25, -0.2) is 9.07 Å². The molecule has 204 valence electrons.